The quantitative estimate of drug-likeness (QED) is 0.898. The molecule has 1 aromatic carbocycles. The molecule has 0 saturated carbocycles. The van der Waals surface area contributed by atoms with Crippen molar-refractivity contribution >= 4 is 0 Å². The van der Waals surface area contributed by atoms with E-state index in [-0.39, 0.29) is 0 Å². The van der Waals surface area contributed by atoms with Gasteiger partial charge in [0, 0.05) is 18.7 Å². The minimum Gasteiger partial charge on any atom is -0.385 e. The number of aliphatic hydroxyl groups is 1. The smallest absolute Gasteiger partial charge is 0.0923 e. The molecule has 2 aromatic rings. The van der Waals surface area contributed by atoms with Gasteiger partial charge in [-0.3, -0.25) is 4.68 Å². The number of rotatable bonds is 4. The second kappa shape index (κ2) is 4.94. The Labute approximate surface area is 108 Å². The van der Waals surface area contributed by atoms with Crippen molar-refractivity contribution in [2.75, 3.05) is 0 Å². The number of aryl methyl sites for hydroxylation is 2. The van der Waals surface area contributed by atoms with Crippen LogP contribution in [0.15, 0.2) is 36.4 Å². The van der Waals surface area contributed by atoms with Gasteiger partial charge in [-0.1, -0.05) is 30.3 Å². The van der Waals surface area contributed by atoms with E-state index in [2.05, 4.69) is 12.0 Å². The van der Waals surface area contributed by atoms with Crippen LogP contribution >= 0.6 is 0 Å². The third kappa shape index (κ3) is 2.62. The molecule has 0 aliphatic rings. The average molecular weight is 244 g/mol. The van der Waals surface area contributed by atoms with Crippen LogP contribution in [-0.4, -0.2) is 14.9 Å². The Balaban J connectivity index is 2.27. The number of aromatic nitrogens is 2. The molecule has 0 saturated heterocycles. The van der Waals surface area contributed by atoms with Gasteiger partial charge >= 0.3 is 0 Å². The second-order valence-electron chi connectivity index (χ2n) is 4.91. The van der Waals surface area contributed by atoms with Crippen LogP contribution in [-0.2, 0) is 18.6 Å². The van der Waals surface area contributed by atoms with Crippen LogP contribution in [0.2, 0.25) is 0 Å². The maximum atomic E-state index is 10.6. The van der Waals surface area contributed by atoms with Crippen LogP contribution in [0.5, 0.6) is 0 Å². The van der Waals surface area contributed by atoms with Gasteiger partial charge in [0.15, 0.2) is 0 Å². The van der Waals surface area contributed by atoms with Gasteiger partial charge in [-0.2, -0.15) is 5.10 Å². The highest BCUT2D eigenvalue weighted by Crippen LogP contribution is 2.25. The van der Waals surface area contributed by atoms with Crippen molar-refractivity contribution in [3.63, 3.8) is 0 Å². The fourth-order valence-electron chi connectivity index (χ4n) is 2.27. The van der Waals surface area contributed by atoms with Crippen LogP contribution in [0.4, 0.5) is 0 Å². The molecule has 0 amide bonds. The summed E-state index contributed by atoms with van der Waals surface area (Å²) in [5, 5.41) is 15.0. The molecule has 0 aliphatic heterocycles. The zero-order chi connectivity index (χ0) is 13.2. The monoisotopic (exact) mass is 244 g/mol. The first-order chi connectivity index (χ1) is 8.53. The molecule has 3 heteroatoms. The molecule has 0 aliphatic carbocycles. The minimum absolute atomic E-state index is 0.575. The van der Waals surface area contributed by atoms with Crippen LogP contribution in [0.3, 0.4) is 0 Å². The van der Waals surface area contributed by atoms with Gasteiger partial charge in [-0.05, 0) is 32.4 Å². The molecular weight excluding hydrogens is 224 g/mol. The highest BCUT2D eigenvalue weighted by atomic mass is 16.3. The van der Waals surface area contributed by atoms with Crippen molar-refractivity contribution in [2.24, 2.45) is 0 Å². The highest BCUT2D eigenvalue weighted by Gasteiger charge is 2.25. The lowest BCUT2D eigenvalue weighted by Gasteiger charge is -2.24. The van der Waals surface area contributed by atoms with Crippen molar-refractivity contribution in [1.29, 1.82) is 0 Å². The number of benzene rings is 1. The summed E-state index contributed by atoms with van der Waals surface area (Å²) >= 11 is 0. The van der Waals surface area contributed by atoms with Crippen molar-refractivity contribution in [3.05, 3.63) is 53.3 Å². The molecule has 2 rings (SSSR count). The summed E-state index contributed by atoms with van der Waals surface area (Å²) < 4.78 is 1.95. The molecule has 1 heterocycles. The summed E-state index contributed by atoms with van der Waals surface area (Å²) in [7, 11) is 0. The maximum absolute atomic E-state index is 10.6. The topological polar surface area (TPSA) is 38.0 Å². The van der Waals surface area contributed by atoms with E-state index in [9.17, 15) is 5.11 Å². The SMILES string of the molecule is CCn1nc(C)cc1CC(C)(O)c1ccccc1. The molecule has 1 atom stereocenters. The Morgan fingerprint density at radius 3 is 2.56 bits per heavy atom. The van der Waals surface area contributed by atoms with E-state index in [1.807, 2.05) is 54.9 Å². The van der Waals surface area contributed by atoms with Crippen LogP contribution in [0.1, 0.15) is 30.8 Å². The van der Waals surface area contributed by atoms with Gasteiger partial charge in [0.2, 0.25) is 0 Å². The van der Waals surface area contributed by atoms with Gasteiger partial charge in [-0.15, -0.1) is 0 Å². The van der Waals surface area contributed by atoms with Gasteiger partial charge < -0.3 is 5.11 Å². The van der Waals surface area contributed by atoms with Crippen LogP contribution < -0.4 is 0 Å². The highest BCUT2D eigenvalue weighted by molar-refractivity contribution is 5.24. The third-order valence-corrected chi connectivity index (χ3v) is 3.21. The molecule has 0 bridgehead atoms. The summed E-state index contributed by atoms with van der Waals surface area (Å²) in [5.74, 6) is 0. The Bertz CT molecular complexity index is 515. The molecule has 1 N–H and O–H groups in total. The maximum Gasteiger partial charge on any atom is 0.0923 e. The molecular formula is C15H20N2O. The predicted molar refractivity (Wildman–Crippen MR) is 72.4 cm³/mol. The van der Waals surface area contributed by atoms with E-state index in [0.717, 1.165) is 23.5 Å². The molecule has 1 aromatic heterocycles. The molecule has 0 spiro atoms. The minimum atomic E-state index is -0.860. The van der Waals surface area contributed by atoms with Crippen molar-refractivity contribution < 1.29 is 5.11 Å². The molecule has 0 radical (unpaired) electrons. The van der Waals surface area contributed by atoms with Gasteiger partial charge in [0.1, 0.15) is 0 Å². The van der Waals surface area contributed by atoms with Gasteiger partial charge in [0.05, 0.1) is 11.3 Å². The van der Waals surface area contributed by atoms with Crippen molar-refractivity contribution in [2.45, 2.75) is 39.3 Å². The van der Waals surface area contributed by atoms with Gasteiger partial charge in [0.25, 0.3) is 0 Å². The van der Waals surface area contributed by atoms with Crippen LogP contribution in [0.25, 0.3) is 0 Å². The summed E-state index contributed by atoms with van der Waals surface area (Å²) in [6.07, 6.45) is 0.575. The Morgan fingerprint density at radius 1 is 1.28 bits per heavy atom. The summed E-state index contributed by atoms with van der Waals surface area (Å²) in [5.41, 5.74) is 2.15. The Hall–Kier alpha value is -1.61. The average Bonchev–Trinajstić information content (AvgIpc) is 2.70. The summed E-state index contributed by atoms with van der Waals surface area (Å²) in [6.45, 7) is 6.72. The van der Waals surface area contributed by atoms with Crippen LogP contribution in [0, 0.1) is 6.92 Å². The van der Waals surface area contributed by atoms with Crippen molar-refractivity contribution in [3.8, 4) is 0 Å². The molecule has 1 unspecified atom stereocenters. The largest absolute Gasteiger partial charge is 0.385 e. The molecule has 0 fully saturated rings. The first-order valence-electron chi connectivity index (χ1n) is 6.34. The lowest BCUT2D eigenvalue weighted by Crippen LogP contribution is -2.25. The number of hydrogen-bond acceptors (Lipinski definition) is 2. The number of hydrogen-bond donors (Lipinski definition) is 1. The van der Waals surface area contributed by atoms with E-state index < -0.39 is 5.60 Å². The van der Waals surface area contributed by atoms with E-state index in [1.54, 1.807) is 0 Å². The fourth-order valence-corrected chi connectivity index (χ4v) is 2.27. The third-order valence-electron chi connectivity index (χ3n) is 3.21. The molecule has 3 nitrogen and oxygen atoms in total. The summed E-state index contributed by atoms with van der Waals surface area (Å²) in [4.78, 5) is 0. The Kier molecular flexibility index (Phi) is 3.53. The standard InChI is InChI=1S/C15H20N2O/c1-4-17-14(10-12(2)16-17)11-15(3,18)13-8-6-5-7-9-13/h5-10,18H,4,11H2,1-3H3. The zero-order valence-corrected chi connectivity index (χ0v) is 11.2. The van der Waals surface area contributed by atoms with E-state index in [4.69, 9.17) is 0 Å². The predicted octanol–water partition coefficient (Wildman–Crippen LogP) is 2.66. The number of nitrogens with zero attached hydrogens (tertiary/aromatic N) is 2. The lowest BCUT2D eigenvalue weighted by molar-refractivity contribution is 0.0554. The normalized spacial score (nSPS) is 14.4. The molecule has 18 heavy (non-hydrogen) atoms. The molecule has 96 valence electrons. The van der Waals surface area contributed by atoms with E-state index in [1.165, 1.54) is 0 Å². The first-order valence-corrected chi connectivity index (χ1v) is 6.34. The van der Waals surface area contributed by atoms with Crippen molar-refractivity contribution in [1.82, 2.24) is 9.78 Å². The van der Waals surface area contributed by atoms with E-state index >= 15 is 0 Å². The second-order valence-corrected chi connectivity index (χ2v) is 4.91. The lowest BCUT2D eigenvalue weighted by atomic mass is 9.91. The zero-order valence-electron chi connectivity index (χ0n) is 11.2. The van der Waals surface area contributed by atoms with Gasteiger partial charge in [-0.25, -0.2) is 0 Å². The summed E-state index contributed by atoms with van der Waals surface area (Å²) in [6, 6.07) is 11.8. The first kappa shape index (κ1) is 12.8. The Morgan fingerprint density at radius 2 is 1.94 bits per heavy atom. The fraction of sp³-hybridized carbons (Fsp3) is 0.400. The van der Waals surface area contributed by atoms with E-state index in [0.29, 0.717) is 6.42 Å².